The third-order valence-electron chi connectivity index (χ3n) is 4.61. The largest absolute Gasteiger partial charge is 0.312 e. The Morgan fingerprint density at radius 2 is 1.88 bits per heavy atom. The molecule has 1 aliphatic rings. The molecular formula is C20H24ClN5. The summed E-state index contributed by atoms with van der Waals surface area (Å²) in [5.74, 6) is 0. The highest BCUT2D eigenvalue weighted by atomic mass is 35.5. The molecule has 0 bridgehead atoms. The predicted molar refractivity (Wildman–Crippen MR) is 107 cm³/mol. The number of pyridine rings is 1. The molecule has 136 valence electrons. The number of para-hydroxylation sites is 1. The summed E-state index contributed by atoms with van der Waals surface area (Å²) in [7, 11) is 0. The second kappa shape index (κ2) is 8.45. The molecule has 6 heteroatoms. The zero-order valence-corrected chi connectivity index (χ0v) is 15.7. The van der Waals surface area contributed by atoms with Crippen molar-refractivity contribution < 1.29 is 0 Å². The lowest BCUT2D eigenvalue weighted by molar-refractivity contribution is 0.200. The van der Waals surface area contributed by atoms with Crippen LogP contribution in [-0.2, 0) is 6.54 Å². The number of halogens is 1. The summed E-state index contributed by atoms with van der Waals surface area (Å²) in [6.45, 7) is 6.32. The van der Waals surface area contributed by atoms with Crippen LogP contribution in [-0.4, -0.2) is 45.3 Å². The van der Waals surface area contributed by atoms with Crippen LogP contribution in [0.4, 0.5) is 0 Å². The van der Waals surface area contributed by atoms with Gasteiger partial charge < -0.3 is 5.32 Å². The van der Waals surface area contributed by atoms with Crippen LogP contribution in [0.1, 0.15) is 12.5 Å². The molecule has 5 nitrogen and oxygen atoms in total. The summed E-state index contributed by atoms with van der Waals surface area (Å²) in [4.78, 5) is 6.64. The summed E-state index contributed by atoms with van der Waals surface area (Å²) in [6, 6.07) is 14.9. The molecule has 1 aromatic carbocycles. The molecule has 1 N–H and O–H groups in total. The van der Waals surface area contributed by atoms with E-state index in [-0.39, 0.29) is 12.4 Å². The lowest BCUT2D eigenvalue weighted by Crippen LogP contribution is -2.48. The third-order valence-corrected chi connectivity index (χ3v) is 4.61. The highest BCUT2D eigenvalue weighted by molar-refractivity contribution is 5.85. The van der Waals surface area contributed by atoms with Gasteiger partial charge in [0.25, 0.3) is 0 Å². The molecule has 2 aromatic heterocycles. The Balaban J connectivity index is 0.00000196. The summed E-state index contributed by atoms with van der Waals surface area (Å²) >= 11 is 0. The minimum atomic E-state index is 0. The fourth-order valence-electron chi connectivity index (χ4n) is 3.39. The number of piperazine rings is 1. The van der Waals surface area contributed by atoms with E-state index in [9.17, 15) is 0 Å². The monoisotopic (exact) mass is 369 g/mol. The molecule has 3 aromatic rings. The summed E-state index contributed by atoms with van der Waals surface area (Å²) in [5, 5.41) is 8.39. The fraction of sp³-hybridized carbons (Fsp3) is 0.300. The first-order valence-corrected chi connectivity index (χ1v) is 8.80. The maximum Gasteiger partial charge on any atom is 0.0973 e. The van der Waals surface area contributed by atoms with Crippen LogP contribution in [0.5, 0.6) is 0 Å². The number of benzene rings is 1. The Kier molecular flexibility index (Phi) is 6.04. The maximum atomic E-state index is 4.88. The number of aromatic nitrogens is 3. The van der Waals surface area contributed by atoms with E-state index < -0.39 is 0 Å². The van der Waals surface area contributed by atoms with E-state index in [0.717, 1.165) is 43.1 Å². The lowest BCUT2D eigenvalue weighted by Gasteiger charge is -2.31. The van der Waals surface area contributed by atoms with Gasteiger partial charge in [0.05, 0.1) is 11.4 Å². The molecule has 0 radical (unpaired) electrons. The van der Waals surface area contributed by atoms with E-state index in [0.29, 0.717) is 6.04 Å². The van der Waals surface area contributed by atoms with Crippen LogP contribution >= 0.6 is 12.4 Å². The number of rotatable bonds is 4. The van der Waals surface area contributed by atoms with Gasteiger partial charge in [-0.15, -0.1) is 12.4 Å². The Morgan fingerprint density at radius 3 is 2.62 bits per heavy atom. The van der Waals surface area contributed by atoms with Crippen LogP contribution in [0, 0.1) is 0 Å². The van der Waals surface area contributed by atoms with Crippen LogP contribution in [0.2, 0.25) is 0 Å². The van der Waals surface area contributed by atoms with Crippen molar-refractivity contribution in [2.24, 2.45) is 0 Å². The minimum Gasteiger partial charge on any atom is -0.312 e. The second-order valence-corrected chi connectivity index (χ2v) is 6.61. The van der Waals surface area contributed by atoms with Crippen molar-refractivity contribution >= 4 is 12.4 Å². The van der Waals surface area contributed by atoms with Gasteiger partial charge in [-0.25, -0.2) is 4.68 Å². The Morgan fingerprint density at radius 1 is 1.12 bits per heavy atom. The van der Waals surface area contributed by atoms with Gasteiger partial charge >= 0.3 is 0 Å². The quantitative estimate of drug-likeness (QED) is 0.767. The van der Waals surface area contributed by atoms with Crippen molar-refractivity contribution in [2.75, 3.05) is 19.6 Å². The minimum absolute atomic E-state index is 0. The van der Waals surface area contributed by atoms with E-state index in [1.165, 1.54) is 5.56 Å². The van der Waals surface area contributed by atoms with Gasteiger partial charge in [0.1, 0.15) is 0 Å². The smallest absolute Gasteiger partial charge is 0.0973 e. The highest BCUT2D eigenvalue weighted by Gasteiger charge is 2.19. The summed E-state index contributed by atoms with van der Waals surface area (Å²) in [5.41, 5.74) is 4.49. The molecule has 0 unspecified atom stereocenters. The zero-order chi connectivity index (χ0) is 17.1. The van der Waals surface area contributed by atoms with E-state index >= 15 is 0 Å². The third kappa shape index (κ3) is 4.12. The number of nitrogens with zero attached hydrogens (tertiary/aromatic N) is 4. The molecule has 1 aliphatic heterocycles. The first-order chi connectivity index (χ1) is 12.3. The Bertz CT molecular complexity index is 819. The number of hydrogen-bond acceptors (Lipinski definition) is 4. The van der Waals surface area contributed by atoms with Crippen molar-refractivity contribution in [1.29, 1.82) is 0 Å². The van der Waals surface area contributed by atoms with Crippen LogP contribution < -0.4 is 5.32 Å². The second-order valence-electron chi connectivity index (χ2n) is 6.61. The average molecular weight is 370 g/mol. The van der Waals surface area contributed by atoms with Gasteiger partial charge in [0.2, 0.25) is 0 Å². The lowest BCUT2D eigenvalue weighted by atomic mass is 10.1. The van der Waals surface area contributed by atoms with Crippen molar-refractivity contribution in [3.05, 3.63) is 66.6 Å². The topological polar surface area (TPSA) is 46.0 Å². The van der Waals surface area contributed by atoms with Gasteiger partial charge in [0.15, 0.2) is 0 Å². The zero-order valence-electron chi connectivity index (χ0n) is 14.9. The Labute approximate surface area is 160 Å². The summed E-state index contributed by atoms with van der Waals surface area (Å²) in [6.07, 6.45) is 5.82. The molecule has 0 spiro atoms. The van der Waals surface area contributed by atoms with Crippen LogP contribution in [0.3, 0.4) is 0 Å². The Hall–Kier alpha value is -2.21. The van der Waals surface area contributed by atoms with Crippen molar-refractivity contribution in [2.45, 2.75) is 19.5 Å². The van der Waals surface area contributed by atoms with Gasteiger partial charge in [-0.2, -0.15) is 5.10 Å². The molecular weight excluding hydrogens is 346 g/mol. The SMILES string of the molecule is C[C@H]1CN(Cc2cn(-c3ccccc3)nc2-c2ccncc2)CCN1.Cl. The van der Waals surface area contributed by atoms with Crippen molar-refractivity contribution in [1.82, 2.24) is 25.0 Å². The first kappa shape index (κ1) is 18.6. The molecule has 26 heavy (non-hydrogen) atoms. The average Bonchev–Trinajstić information content (AvgIpc) is 3.07. The molecule has 0 aliphatic carbocycles. The van der Waals surface area contributed by atoms with E-state index in [2.05, 4.69) is 40.5 Å². The molecule has 1 saturated heterocycles. The molecule has 0 amide bonds. The normalized spacial score (nSPS) is 17.7. The summed E-state index contributed by atoms with van der Waals surface area (Å²) < 4.78 is 1.98. The van der Waals surface area contributed by atoms with Gasteiger partial charge in [-0.3, -0.25) is 9.88 Å². The first-order valence-electron chi connectivity index (χ1n) is 8.80. The molecule has 3 heterocycles. The van der Waals surface area contributed by atoms with Crippen LogP contribution in [0.15, 0.2) is 61.1 Å². The molecule has 4 rings (SSSR count). The number of nitrogens with one attached hydrogen (secondary N) is 1. The molecule has 1 atom stereocenters. The number of hydrogen-bond donors (Lipinski definition) is 1. The van der Waals surface area contributed by atoms with Crippen molar-refractivity contribution in [3.63, 3.8) is 0 Å². The fourth-order valence-corrected chi connectivity index (χ4v) is 3.39. The predicted octanol–water partition coefficient (Wildman–Crippen LogP) is 3.15. The molecule has 1 fully saturated rings. The van der Waals surface area contributed by atoms with Gasteiger partial charge in [0, 0.05) is 61.9 Å². The van der Waals surface area contributed by atoms with Gasteiger partial charge in [-0.05, 0) is 31.2 Å². The van der Waals surface area contributed by atoms with E-state index in [4.69, 9.17) is 5.10 Å². The highest BCUT2D eigenvalue weighted by Crippen LogP contribution is 2.24. The maximum absolute atomic E-state index is 4.88. The van der Waals surface area contributed by atoms with Crippen LogP contribution in [0.25, 0.3) is 16.9 Å². The standard InChI is InChI=1S/C20H23N5.ClH/c1-16-13-24(12-11-22-16)14-18-15-25(19-5-3-2-4-6-19)23-20(18)17-7-9-21-10-8-17;/h2-10,15-16,22H,11-14H2,1H3;1H/t16-;/m0./s1. The molecule has 0 saturated carbocycles. The van der Waals surface area contributed by atoms with Gasteiger partial charge in [-0.1, -0.05) is 18.2 Å². The van der Waals surface area contributed by atoms with E-state index in [1.54, 1.807) is 0 Å². The van der Waals surface area contributed by atoms with E-state index in [1.807, 2.05) is 47.4 Å². The van der Waals surface area contributed by atoms with Crippen molar-refractivity contribution in [3.8, 4) is 16.9 Å².